The second-order valence-electron chi connectivity index (χ2n) is 5.77. The highest BCUT2D eigenvalue weighted by atomic mass is 32.2. The number of carbonyl (C=O) groups excluding carboxylic acids is 1. The maximum atomic E-state index is 14.2. The van der Waals surface area contributed by atoms with Gasteiger partial charge in [-0.25, -0.2) is 17.5 Å². The lowest BCUT2D eigenvalue weighted by Crippen LogP contribution is -2.34. The molecule has 1 aromatic carbocycles. The van der Waals surface area contributed by atoms with E-state index in [0.717, 1.165) is 12.1 Å². The molecule has 0 radical (unpaired) electrons. The van der Waals surface area contributed by atoms with Crippen LogP contribution in [0.3, 0.4) is 0 Å². The van der Waals surface area contributed by atoms with Gasteiger partial charge in [0.15, 0.2) is 0 Å². The number of fused-ring (bicyclic) bond motifs is 1. The maximum Gasteiger partial charge on any atom is 0.253 e. The molecule has 0 aliphatic heterocycles. The predicted molar refractivity (Wildman–Crippen MR) is 79.1 cm³/mol. The van der Waals surface area contributed by atoms with E-state index in [2.05, 4.69) is 9.71 Å². The third-order valence-electron chi connectivity index (χ3n) is 3.80. The Balaban J connectivity index is 2.16. The van der Waals surface area contributed by atoms with Crippen molar-refractivity contribution in [2.24, 2.45) is 5.73 Å². The van der Waals surface area contributed by atoms with Crippen molar-refractivity contribution >= 4 is 32.7 Å². The van der Waals surface area contributed by atoms with Crippen LogP contribution in [0.2, 0.25) is 0 Å². The highest BCUT2D eigenvalue weighted by Gasteiger charge is 2.42. The smallest absolute Gasteiger partial charge is 0.253 e. The van der Waals surface area contributed by atoms with Crippen molar-refractivity contribution in [3.63, 3.8) is 0 Å². The average Bonchev–Trinajstić information content (AvgIpc) is 2.97. The Bertz CT molecular complexity index is 900. The van der Waals surface area contributed by atoms with Crippen molar-refractivity contribution < 1.29 is 17.6 Å². The first kappa shape index (κ1) is 14.8. The molecule has 0 bridgehead atoms. The highest BCUT2D eigenvalue weighted by Crippen LogP contribution is 2.37. The number of nitrogens with one attached hydrogen (secondary N) is 2. The summed E-state index contributed by atoms with van der Waals surface area (Å²) in [5.74, 6) is -1.81. The standard InChI is InChI=1S/C13H15FN4O3S/c1-13(2-3-13)18-22(20,21)9-5-8-6(4-7(9)14)10(12(16)19)11(15)17-8/h4-5,17-18H,2-3,15H2,1H3,(H2,16,19). The molecule has 2 aromatic rings. The van der Waals surface area contributed by atoms with Gasteiger partial charge in [-0.15, -0.1) is 0 Å². The van der Waals surface area contributed by atoms with Crippen molar-refractivity contribution in [3.05, 3.63) is 23.5 Å². The third-order valence-corrected chi connectivity index (χ3v) is 5.45. The van der Waals surface area contributed by atoms with Crippen LogP contribution in [0, 0.1) is 5.82 Å². The van der Waals surface area contributed by atoms with Crippen LogP contribution in [-0.4, -0.2) is 24.8 Å². The molecule has 0 atom stereocenters. The molecule has 1 saturated carbocycles. The number of carbonyl (C=O) groups is 1. The van der Waals surface area contributed by atoms with Crippen LogP contribution in [0.5, 0.6) is 0 Å². The van der Waals surface area contributed by atoms with Crippen LogP contribution in [-0.2, 0) is 10.0 Å². The molecule has 3 rings (SSSR count). The predicted octanol–water partition coefficient (Wildman–Crippen LogP) is 0.819. The van der Waals surface area contributed by atoms with Gasteiger partial charge in [-0.2, -0.15) is 0 Å². The van der Waals surface area contributed by atoms with E-state index in [0.29, 0.717) is 12.8 Å². The number of sulfonamides is 1. The number of aromatic amines is 1. The van der Waals surface area contributed by atoms with Gasteiger partial charge >= 0.3 is 0 Å². The van der Waals surface area contributed by atoms with E-state index in [4.69, 9.17) is 11.5 Å². The van der Waals surface area contributed by atoms with Gasteiger partial charge in [0.25, 0.3) is 5.91 Å². The zero-order chi connectivity index (χ0) is 16.3. The Morgan fingerprint density at radius 2 is 2.05 bits per heavy atom. The van der Waals surface area contributed by atoms with Crippen LogP contribution in [0.1, 0.15) is 30.1 Å². The lowest BCUT2D eigenvalue weighted by Gasteiger charge is -2.12. The number of nitrogens with two attached hydrogens (primary N) is 2. The number of rotatable bonds is 4. The third kappa shape index (κ3) is 2.32. The molecule has 6 N–H and O–H groups in total. The van der Waals surface area contributed by atoms with E-state index in [1.807, 2.05) is 0 Å². The number of anilines is 1. The summed E-state index contributed by atoms with van der Waals surface area (Å²) in [6.07, 6.45) is 1.41. The molecule has 1 aliphatic rings. The summed E-state index contributed by atoms with van der Waals surface area (Å²) in [5.41, 5.74) is 10.5. The fourth-order valence-electron chi connectivity index (χ4n) is 2.36. The summed E-state index contributed by atoms with van der Waals surface area (Å²) in [7, 11) is -4.00. The molecule has 1 amide bonds. The minimum atomic E-state index is -4.00. The van der Waals surface area contributed by atoms with Crippen molar-refractivity contribution in [2.45, 2.75) is 30.2 Å². The van der Waals surface area contributed by atoms with Gasteiger partial charge in [0.2, 0.25) is 10.0 Å². The monoisotopic (exact) mass is 326 g/mol. The van der Waals surface area contributed by atoms with Crippen LogP contribution in [0.4, 0.5) is 10.2 Å². The van der Waals surface area contributed by atoms with E-state index in [1.54, 1.807) is 6.92 Å². The number of aromatic nitrogens is 1. The molecule has 1 heterocycles. The topological polar surface area (TPSA) is 131 Å². The first-order chi connectivity index (χ1) is 10.1. The van der Waals surface area contributed by atoms with Gasteiger partial charge in [0.05, 0.1) is 5.56 Å². The molecule has 0 saturated heterocycles. The van der Waals surface area contributed by atoms with Crippen LogP contribution < -0.4 is 16.2 Å². The minimum absolute atomic E-state index is 0.0291. The molecule has 7 nitrogen and oxygen atoms in total. The van der Waals surface area contributed by atoms with Crippen molar-refractivity contribution in [3.8, 4) is 0 Å². The largest absolute Gasteiger partial charge is 0.385 e. The van der Waals surface area contributed by atoms with Crippen molar-refractivity contribution in [1.29, 1.82) is 0 Å². The number of benzene rings is 1. The molecular weight excluding hydrogens is 311 g/mol. The van der Waals surface area contributed by atoms with Crippen molar-refractivity contribution in [2.75, 3.05) is 5.73 Å². The molecule has 22 heavy (non-hydrogen) atoms. The van der Waals surface area contributed by atoms with Crippen molar-refractivity contribution in [1.82, 2.24) is 9.71 Å². The molecular formula is C13H15FN4O3S. The molecule has 9 heteroatoms. The minimum Gasteiger partial charge on any atom is -0.385 e. The van der Waals surface area contributed by atoms with E-state index in [1.165, 1.54) is 0 Å². The highest BCUT2D eigenvalue weighted by molar-refractivity contribution is 7.89. The zero-order valence-electron chi connectivity index (χ0n) is 11.7. The Kier molecular flexibility index (Phi) is 2.98. The summed E-state index contributed by atoms with van der Waals surface area (Å²) >= 11 is 0. The summed E-state index contributed by atoms with van der Waals surface area (Å²) in [4.78, 5) is 13.5. The first-order valence-corrected chi connectivity index (χ1v) is 8.06. The first-order valence-electron chi connectivity index (χ1n) is 6.57. The second-order valence-corrected chi connectivity index (χ2v) is 7.42. The molecule has 1 aromatic heterocycles. The number of halogens is 1. The average molecular weight is 326 g/mol. The van der Waals surface area contributed by atoms with E-state index < -0.39 is 32.2 Å². The SMILES string of the molecule is CC1(NS(=O)(=O)c2cc3[nH]c(N)c(C(N)=O)c3cc2F)CC1. The molecule has 118 valence electrons. The van der Waals surface area contributed by atoms with Gasteiger partial charge in [-0.3, -0.25) is 4.79 Å². The van der Waals surface area contributed by atoms with Crippen LogP contribution >= 0.6 is 0 Å². The molecule has 1 aliphatic carbocycles. The van der Waals surface area contributed by atoms with E-state index in [-0.39, 0.29) is 22.3 Å². The van der Waals surface area contributed by atoms with Gasteiger partial charge in [0, 0.05) is 16.4 Å². The quantitative estimate of drug-likeness (QED) is 0.662. The summed E-state index contributed by atoms with van der Waals surface area (Å²) in [6, 6.07) is 2.06. The Morgan fingerprint density at radius 1 is 1.41 bits per heavy atom. The van der Waals surface area contributed by atoms with Gasteiger partial charge in [0.1, 0.15) is 16.5 Å². The molecule has 0 spiro atoms. The Morgan fingerprint density at radius 3 is 2.59 bits per heavy atom. The summed E-state index contributed by atoms with van der Waals surface area (Å²) < 4.78 is 41.3. The fourth-order valence-corrected chi connectivity index (χ4v) is 3.91. The summed E-state index contributed by atoms with van der Waals surface area (Å²) in [6.45, 7) is 1.75. The molecule has 0 unspecified atom stereocenters. The van der Waals surface area contributed by atoms with Gasteiger partial charge in [-0.1, -0.05) is 0 Å². The van der Waals surface area contributed by atoms with E-state index in [9.17, 15) is 17.6 Å². The number of amides is 1. The van der Waals surface area contributed by atoms with Gasteiger partial charge < -0.3 is 16.5 Å². The normalized spacial score (nSPS) is 16.8. The van der Waals surface area contributed by atoms with Crippen LogP contribution in [0.15, 0.2) is 17.0 Å². The van der Waals surface area contributed by atoms with Crippen LogP contribution in [0.25, 0.3) is 10.9 Å². The number of primary amides is 1. The Hall–Kier alpha value is -2.13. The number of H-pyrrole nitrogens is 1. The molecule has 1 fully saturated rings. The lowest BCUT2D eigenvalue weighted by atomic mass is 10.1. The Labute approximate surface area is 125 Å². The number of hydrogen-bond donors (Lipinski definition) is 4. The maximum absolute atomic E-state index is 14.2. The van der Waals surface area contributed by atoms with E-state index >= 15 is 0 Å². The number of hydrogen-bond acceptors (Lipinski definition) is 4. The fraction of sp³-hybridized carbons (Fsp3) is 0.308. The summed E-state index contributed by atoms with van der Waals surface area (Å²) in [5, 5.41) is 0.152. The lowest BCUT2D eigenvalue weighted by molar-refractivity contribution is 0.100. The second kappa shape index (κ2) is 4.43. The van der Waals surface area contributed by atoms with Gasteiger partial charge in [-0.05, 0) is 31.9 Å². The number of nitrogen functional groups attached to an aromatic ring is 1. The zero-order valence-corrected chi connectivity index (χ0v) is 12.6.